The lowest BCUT2D eigenvalue weighted by Crippen LogP contribution is -2.55. The Morgan fingerprint density at radius 1 is 1.40 bits per heavy atom. The number of phosphoric ester groups is 1. The van der Waals surface area contributed by atoms with Gasteiger partial charge in [0.2, 0.25) is 5.95 Å². The van der Waals surface area contributed by atoms with Crippen molar-refractivity contribution in [2.24, 2.45) is 11.8 Å². The third-order valence-corrected chi connectivity index (χ3v) is 6.59. The van der Waals surface area contributed by atoms with Gasteiger partial charge in [0.15, 0.2) is 5.82 Å². The molecule has 4 atom stereocenters. The summed E-state index contributed by atoms with van der Waals surface area (Å²) in [6.07, 6.45) is 0.598. The van der Waals surface area contributed by atoms with E-state index in [0.717, 1.165) is 0 Å². The number of nitrogens with one attached hydrogen (secondary N) is 2. The van der Waals surface area contributed by atoms with Gasteiger partial charge in [0, 0.05) is 18.6 Å². The SMILES string of the molecule is Nc1nc2c(c(=O)[nH]1)NCN2[C@@H]1C[C@H](CO)[C@H]1COP(=O)(O)Oc1ccccc1Cl. The van der Waals surface area contributed by atoms with Crippen LogP contribution in [0.15, 0.2) is 29.1 Å². The molecular weight excluding hydrogens is 437 g/mol. The van der Waals surface area contributed by atoms with Crippen molar-refractivity contribution in [3.63, 3.8) is 0 Å². The first-order chi connectivity index (χ1) is 14.3. The van der Waals surface area contributed by atoms with E-state index in [0.29, 0.717) is 24.6 Å². The third kappa shape index (κ3) is 3.99. The monoisotopic (exact) mass is 457 g/mol. The van der Waals surface area contributed by atoms with Gasteiger partial charge in [0.1, 0.15) is 11.4 Å². The van der Waals surface area contributed by atoms with E-state index < -0.39 is 7.82 Å². The first-order valence-corrected chi connectivity index (χ1v) is 11.1. The number of hydrogen-bond acceptors (Lipinski definition) is 9. The second-order valence-corrected chi connectivity index (χ2v) is 8.94. The molecule has 162 valence electrons. The first kappa shape index (κ1) is 21.0. The summed E-state index contributed by atoms with van der Waals surface area (Å²) in [4.78, 5) is 30.6. The summed E-state index contributed by atoms with van der Waals surface area (Å²) in [5, 5.41) is 12.8. The van der Waals surface area contributed by atoms with Crippen molar-refractivity contribution >= 4 is 36.9 Å². The fraction of sp³-hybridized carbons (Fsp3) is 0.412. The molecule has 1 aromatic carbocycles. The number of rotatable bonds is 7. The highest BCUT2D eigenvalue weighted by molar-refractivity contribution is 7.47. The number of H-pyrrole nitrogens is 1. The Balaban J connectivity index is 1.47. The van der Waals surface area contributed by atoms with E-state index in [9.17, 15) is 19.4 Å². The summed E-state index contributed by atoms with van der Waals surface area (Å²) in [6, 6.07) is 6.08. The smallest absolute Gasteiger partial charge is 0.403 e. The van der Waals surface area contributed by atoms with Crippen LogP contribution in [0.1, 0.15) is 6.42 Å². The number of hydrogen-bond donors (Lipinski definition) is 5. The van der Waals surface area contributed by atoms with Gasteiger partial charge in [-0.05, 0) is 24.5 Å². The van der Waals surface area contributed by atoms with Crippen LogP contribution in [0.3, 0.4) is 0 Å². The highest BCUT2D eigenvalue weighted by Gasteiger charge is 2.47. The van der Waals surface area contributed by atoms with Crippen LogP contribution >= 0.6 is 19.4 Å². The standard InChI is InChI=1S/C17H21ClN5O6P/c18-11-3-1-2-4-13(11)29-30(26,27)28-7-10-9(6-24)5-12(10)23-8-20-14-15(23)21-17(19)22-16(14)25/h1-4,9-10,12,20,24H,5-8H2,(H,26,27)(H3,19,21,22,25)/t9-,10-,12-/m1/s1. The number of fused-ring (bicyclic) bond motifs is 1. The van der Waals surface area contributed by atoms with Gasteiger partial charge in [0.05, 0.1) is 18.3 Å². The van der Waals surface area contributed by atoms with Gasteiger partial charge >= 0.3 is 7.82 Å². The predicted molar refractivity (Wildman–Crippen MR) is 111 cm³/mol. The molecule has 1 fully saturated rings. The normalized spacial score (nSPS) is 24.5. The second-order valence-electron chi connectivity index (χ2n) is 7.15. The number of para-hydroxylation sites is 1. The molecule has 1 aliphatic carbocycles. The fourth-order valence-corrected chi connectivity index (χ4v) is 4.85. The van der Waals surface area contributed by atoms with E-state index in [1.807, 2.05) is 4.90 Å². The van der Waals surface area contributed by atoms with Gasteiger partial charge in [-0.15, -0.1) is 0 Å². The van der Waals surface area contributed by atoms with Crippen molar-refractivity contribution < 1.29 is 23.6 Å². The number of nitrogens with zero attached hydrogens (tertiary/aromatic N) is 2. The van der Waals surface area contributed by atoms with Crippen molar-refractivity contribution in [2.75, 3.05) is 35.8 Å². The number of phosphoric acid groups is 1. The van der Waals surface area contributed by atoms with Crippen molar-refractivity contribution in [1.82, 2.24) is 9.97 Å². The molecule has 2 aromatic rings. The number of aromatic amines is 1. The molecule has 30 heavy (non-hydrogen) atoms. The minimum absolute atomic E-state index is 0.00807. The van der Waals surface area contributed by atoms with Gasteiger partial charge in [0.25, 0.3) is 5.56 Å². The Morgan fingerprint density at radius 2 is 2.17 bits per heavy atom. The summed E-state index contributed by atoms with van der Waals surface area (Å²) in [6.45, 7) is 0.0738. The zero-order chi connectivity index (χ0) is 21.5. The molecule has 1 aromatic heterocycles. The summed E-state index contributed by atoms with van der Waals surface area (Å²) in [7, 11) is -4.44. The lowest BCUT2D eigenvalue weighted by molar-refractivity contribution is 0.0217. The van der Waals surface area contributed by atoms with Gasteiger partial charge in [-0.3, -0.25) is 19.2 Å². The minimum atomic E-state index is -4.44. The molecule has 4 rings (SSSR count). The molecule has 0 bridgehead atoms. The Kier molecular flexibility index (Phi) is 5.65. The maximum absolute atomic E-state index is 12.4. The molecule has 11 nitrogen and oxygen atoms in total. The van der Waals surface area contributed by atoms with Gasteiger partial charge in [-0.1, -0.05) is 23.7 Å². The fourth-order valence-electron chi connectivity index (χ4n) is 3.80. The molecule has 2 heterocycles. The molecule has 1 unspecified atom stereocenters. The summed E-state index contributed by atoms with van der Waals surface area (Å²) in [5.41, 5.74) is 5.60. The number of benzene rings is 1. The molecule has 1 saturated carbocycles. The number of nitrogens with two attached hydrogens (primary N) is 1. The Labute approximate surface area is 176 Å². The molecule has 2 aliphatic rings. The van der Waals surface area contributed by atoms with Crippen LogP contribution < -0.4 is 26.0 Å². The maximum atomic E-state index is 12.4. The van der Waals surface area contributed by atoms with Crippen molar-refractivity contribution in [3.8, 4) is 5.75 Å². The largest absolute Gasteiger partial charge is 0.527 e. The van der Waals surface area contributed by atoms with Crippen molar-refractivity contribution in [1.29, 1.82) is 0 Å². The quantitative estimate of drug-likeness (QED) is 0.384. The van der Waals surface area contributed by atoms with E-state index in [4.69, 9.17) is 26.4 Å². The summed E-state index contributed by atoms with van der Waals surface area (Å²) in [5.74, 6) is -0.00190. The Bertz CT molecular complexity index is 1050. The average Bonchev–Trinajstić information content (AvgIpc) is 3.07. The minimum Gasteiger partial charge on any atom is -0.403 e. The summed E-state index contributed by atoms with van der Waals surface area (Å²) < 4.78 is 22.7. The van der Waals surface area contributed by atoms with Crippen LogP contribution in [0.25, 0.3) is 0 Å². The van der Waals surface area contributed by atoms with Crippen LogP contribution in [0.4, 0.5) is 17.5 Å². The molecule has 1 aliphatic heterocycles. The van der Waals surface area contributed by atoms with E-state index in [1.54, 1.807) is 12.1 Å². The molecular formula is C17H21ClN5O6P. The summed E-state index contributed by atoms with van der Waals surface area (Å²) >= 11 is 5.96. The first-order valence-electron chi connectivity index (χ1n) is 9.21. The number of halogens is 1. The van der Waals surface area contributed by atoms with Crippen LogP contribution in [-0.2, 0) is 9.09 Å². The third-order valence-electron chi connectivity index (χ3n) is 5.38. The number of aromatic nitrogens is 2. The number of aliphatic hydroxyl groups is 1. The Hall–Kier alpha value is -2.30. The number of aliphatic hydroxyl groups excluding tert-OH is 1. The zero-order valence-electron chi connectivity index (χ0n) is 15.7. The van der Waals surface area contributed by atoms with Crippen LogP contribution in [0, 0.1) is 11.8 Å². The van der Waals surface area contributed by atoms with Crippen LogP contribution in [0.2, 0.25) is 5.02 Å². The molecule has 0 radical (unpaired) electrons. The maximum Gasteiger partial charge on any atom is 0.527 e. The van der Waals surface area contributed by atoms with Gasteiger partial charge in [-0.2, -0.15) is 4.98 Å². The zero-order valence-corrected chi connectivity index (χ0v) is 17.3. The molecule has 6 N–H and O–H groups in total. The topological polar surface area (TPSA) is 163 Å². The van der Waals surface area contributed by atoms with E-state index >= 15 is 0 Å². The average molecular weight is 458 g/mol. The lowest BCUT2D eigenvalue weighted by atomic mass is 9.69. The molecule has 0 amide bonds. The highest BCUT2D eigenvalue weighted by atomic mass is 35.5. The number of nitrogen functional groups attached to an aromatic ring is 1. The Morgan fingerprint density at radius 3 is 2.90 bits per heavy atom. The van der Waals surface area contributed by atoms with Gasteiger partial charge in [-0.25, -0.2) is 4.57 Å². The van der Waals surface area contributed by atoms with E-state index in [2.05, 4.69) is 15.3 Å². The number of anilines is 3. The highest BCUT2D eigenvalue weighted by Crippen LogP contribution is 2.49. The van der Waals surface area contributed by atoms with E-state index in [-0.39, 0.29) is 53.4 Å². The van der Waals surface area contributed by atoms with Gasteiger partial charge < -0.3 is 25.6 Å². The predicted octanol–water partition coefficient (Wildman–Crippen LogP) is 1.39. The van der Waals surface area contributed by atoms with Crippen molar-refractivity contribution in [3.05, 3.63) is 39.6 Å². The second kappa shape index (κ2) is 8.09. The van der Waals surface area contributed by atoms with Crippen LogP contribution in [-0.4, -0.2) is 45.9 Å². The molecule has 13 heteroatoms. The van der Waals surface area contributed by atoms with Crippen molar-refractivity contribution in [2.45, 2.75) is 12.5 Å². The van der Waals surface area contributed by atoms with Crippen LogP contribution in [0.5, 0.6) is 5.75 Å². The lowest BCUT2D eigenvalue weighted by Gasteiger charge is -2.48. The molecule has 0 saturated heterocycles. The van der Waals surface area contributed by atoms with E-state index in [1.165, 1.54) is 12.1 Å². The molecule has 0 spiro atoms.